The van der Waals surface area contributed by atoms with E-state index in [1.165, 1.54) is 5.56 Å². The van der Waals surface area contributed by atoms with Crippen molar-refractivity contribution in [1.82, 2.24) is 4.90 Å². The molecule has 1 fully saturated rings. The normalized spacial score (nSPS) is 17.8. The molecular formula is C19H30ClNO3. The molecule has 1 atom stereocenters. The first-order valence-electron chi connectivity index (χ1n) is 8.77. The van der Waals surface area contributed by atoms with E-state index in [4.69, 9.17) is 9.47 Å². The molecule has 0 bridgehead atoms. The van der Waals surface area contributed by atoms with E-state index < -0.39 is 0 Å². The van der Waals surface area contributed by atoms with Gasteiger partial charge in [-0.15, -0.1) is 12.4 Å². The summed E-state index contributed by atoms with van der Waals surface area (Å²) < 4.78 is 10.9. The Morgan fingerprint density at radius 3 is 2.71 bits per heavy atom. The number of unbranched alkanes of at least 4 members (excludes halogenated alkanes) is 1. The molecule has 0 amide bonds. The molecule has 0 aromatic heterocycles. The standard InChI is InChI=1S/C19H29NO3.ClH/c1-3-22-19(21)17-7-6-13-20(15-17)12-4-5-14-23-18-10-8-16(2)9-11-18;/h8-11,17H,3-7,12-15H2,1-2H3;1H. The summed E-state index contributed by atoms with van der Waals surface area (Å²) in [6.45, 7) is 8.14. The number of hydrogen-bond acceptors (Lipinski definition) is 4. The van der Waals surface area contributed by atoms with Gasteiger partial charge < -0.3 is 14.4 Å². The lowest BCUT2D eigenvalue weighted by molar-refractivity contribution is -0.149. The summed E-state index contributed by atoms with van der Waals surface area (Å²) in [4.78, 5) is 14.2. The summed E-state index contributed by atoms with van der Waals surface area (Å²) in [6.07, 6.45) is 4.19. The molecule has 0 radical (unpaired) electrons. The molecule has 1 saturated heterocycles. The van der Waals surface area contributed by atoms with Gasteiger partial charge in [-0.2, -0.15) is 0 Å². The zero-order valence-electron chi connectivity index (χ0n) is 14.8. The van der Waals surface area contributed by atoms with E-state index in [1.54, 1.807) is 0 Å². The largest absolute Gasteiger partial charge is 0.494 e. The molecule has 1 unspecified atom stereocenters. The lowest BCUT2D eigenvalue weighted by Gasteiger charge is -2.31. The van der Waals surface area contributed by atoms with Gasteiger partial charge in [-0.3, -0.25) is 4.79 Å². The van der Waals surface area contributed by atoms with E-state index >= 15 is 0 Å². The van der Waals surface area contributed by atoms with Gasteiger partial charge in [0.25, 0.3) is 0 Å². The predicted octanol–water partition coefficient (Wildman–Crippen LogP) is 3.85. The molecule has 5 heteroatoms. The third-order valence-electron chi connectivity index (χ3n) is 4.28. The van der Waals surface area contributed by atoms with Crippen molar-refractivity contribution in [3.8, 4) is 5.75 Å². The van der Waals surface area contributed by atoms with Crippen LogP contribution >= 0.6 is 12.4 Å². The minimum absolute atomic E-state index is 0. The highest BCUT2D eigenvalue weighted by Gasteiger charge is 2.26. The van der Waals surface area contributed by atoms with E-state index in [9.17, 15) is 4.79 Å². The molecule has 1 aliphatic heterocycles. The fourth-order valence-electron chi connectivity index (χ4n) is 2.97. The highest BCUT2D eigenvalue weighted by atomic mass is 35.5. The van der Waals surface area contributed by atoms with E-state index in [-0.39, 0.29) is 24.3 Å². The van der Waals surface area contributed by atoms with Crippen molar-refractivity contribution in [3.05, 3.63) is 29.8 Å². The van der Waals surface area contributed by atoms with Crippen LogP contribution in [0.4, 0.5) is 0 Å². The van der Waals surface area contributed by atoms with Crippen molar-refractivity contribution in [2.45, 2.75) is 39.5 Å². The second-order valence-electron chi connectivity index (χ2n) is 6.26. The molecule has 136 valence electrons. The van der Waals surface area contributed by atoms with Gasteiger partial charge in [-0.05, 0) is 64.8 Å². The number of piperidine rings is 1. The molecule has 0 N–H and O–H groups in total. The van der Waals surface area contributed by atoms with E-state index in [2.05, 4.69) is 24.0 Å². The van der Waals surface area contributed by atoms with Crippen molar-refractivity contribution < 1.29 is 14.3 Å². The maximum atomic E-state index is 11.8. The number of hydrogen-bond donors (Lipinski definition) is 0. The number of rotatable bonds is 8. The third-order valence-corrected chi connectivity index (χ3v) is 4.28. The van der Waals surface area contributed by atoms with Gasteiger partial charge in [0.2, 0.25) is 0 Å². The first-order valence-corrected chi connectivity index (χ1v) is 8.77. The molecule has 0 saturated carbocycles. The highest BCUT2D eigenvalue weighted by Crippen LogP contribution is 2.18. The van der Waals surface area contributed by atoms with Gasteiger partial charge in [-0.1, -0.05) is 17.7 Å². The van der Waals surface area contributed by atoms with E-state index in [0.717, 1.165) is 57.7 Å². The fraction of sp³-hybridized carbons (Fsp3) is 0.632. The van der Waals surface area contributed by atoms with Crippen LogP contribution in [0.1, 0.15) is 38.2 Å². The monoisotopic (exact) mass is 355 g/mol. The zero-order valence-corrected chi connectivity index (χ0v) is 15.6. The second-order valence-corrected chi connectivity index (χ2v) is 6.26. The summed E-state index contributed by atoms with van der Waals surface area (Å²) in [5.74, 6) is 0.975. The first-order chi connectivity index (χ1) is 11.2. The number of nitrogens with zero attached hydrogens (tertiary/aromatic N) is 1. The minimum Gasteiger partial charge on any atom is -0.494 e. The van der Waals surface area contributed by atoms with Gasteiger partial charge in [0.1, 0.15) is 5.75 Å². The van der Waals surface area contributed by atoms with Crippen molar-refractivity contribution >= 4 is 18.4 Å². The quantitative estimate of drug-likeness (QED) is 0.524. The topological polar surface area (TPSA) is 38.8 Å². The van der Waals surface area contributed by atoms with Crippen molar-refractivity contribution in [2.75, 3.05) is 32.8 Å². The van der Waals surface area contributed by atoms with Gasteiger partial charge in [0, 0.05) is 6.54 Å². The molecular weight excluding hydrogens is 326 g/mol. The minimum atomic E-state index is -0.0279. The first kappa shape index (κ1) is 20.8. The number of carbonyl (C=O) groups excluding carboxylic acids is 1. The van der Waals surface area contributed by atoms with Crippen LogP contribution in [0, 0.1) is 12.8 Å². The summed E-state index contributed by atoms with van der Waals surface area (Å²) >= 11 is 0. The Bertz CT molecular complexity index is 478. The van der Waals surface area contributed by atoms with E-state index in [0.29, 0.717) is 6.61 Å². The van der Waals surface area contributed by atoms with Gasteiger partial charge in [0.15, 0.2) is 0 Å². The Morgan fingerprint density at radius 2 is 2.00 bits per heavy atom. The Kier molecular flexibility index (Phi) is 9.80. The average Bonchev–Trinajstić information content (AvgIpc) is 2.57. The SMILES string of the molecule is CCOC(=O)C1CCCN(CCCCOc2ccc(C)cc2)C1.Cl. The fourth-order valence-corrected chi connectivity index (χ4v) is 2.97. The van der Waals surface area contributed by atoms with Crippen LogP contribution in [-0.2, 0) is 9.53 Å². The zero-order chi connectivity index (χ0) is 16.5. The third kappa shape index (κ3) is 7.10. The van der Waals surface area contributed by atoms with Crippen molar-refractivity contribution in [2.24, 2.45) is 5.92 Å². The Labute approximate surface area is 151 Å². The number of esters is 1. The summed E-state index contributed by atoms with van der Waals surface area (Å²) in [5.41, 5.74) is 1.25. The van der Waals surface area contributed by atoms with Gasteiger partial charge >= 0.3 is 5.97 Å². The highest BCUT2D eigenvalue weighted by molar-refractivity contribution is 5.85. The number of carbonyl (C=O) groups is 1. The van der Waals surface area contributed by atoms with Crippen LogP contribution in [-0.4, -0.2) is 43.7 Å². The Morgan fingerprint density at radius 1 is 1.25 bits per heavy atom. The van der Waals surface area contributed by atoms with Crippen molar-refractivity contribution in [3.63, 3.8) is 0 Å². The molecule has 1 aromatic rings. The molecule has 4 nitrogen and oxygen atoms in total. The molecule has 2 rings (SSSR count). The average molecular weight is 356 g/mol. The Balaban J connectivity index is 0.00000288. The number of aryl methyl sites for hydroxylation is 1. The van der Waals surface area contributed by atoms with Crippen molar-refractivity contribution in [1.29, 1.82) is 0 Å². The van der Waals surface area contributed by atoms with Crippen LogP contribution in [0.15, 0.2) is 24.3 Å². The summed E-state index contributed by atoms with van der Waals surface area (Å²) in [7, 11) is 0. The van der Waals surface area contributed by atoms with Crippen LogP contribution in [0.3, 0.4) is 0 Å². The smallest absolute Gasteiger partial charge is 0.310 e. The second kappa shape index (κ2) is 11.3. The predicted molar refractivity (Wildman–Crippen MR) is 99.0 cm³/mol. The lowest BCUT2D eigenvalue weighted by atomic mass is 9.98. The van der Waals surface area contributed by atoms with Crippen LogP contribution in [0.25, 0.3) is 0 Å². The molecule has 1 heterocycles. The number of halogens is 1. The molecule has 1 aliphatic rings. The molecule has 24 heavy (non-hydrogen) atoms. The van der Waals surface area contributed by atoms with Crippen LogP contribution in [0.2, 0.25) is 0 Å². The number of ether oxygens (including phenoxy) is 2. The van der Waals surface area contributed by atoms with Gasteiger partial charge in [-0.25, -0.2) is 0 Å². The maximum absolute atomic E-state index is 11.8. The molecule has 0 aliphatic carbocycles. The molecule has 1 aromatic carbocycles. The molecule has 0 spiro atoms. The number of benzene rings is 1. The Hall–Kier alpha value is -1.26. The van der Waals surface area contributed by atoms with E-state index in [1.807, 2.05) is 19.1 Å². The maximum Gasteiger partial charge on any atom is 0.310 e. The summed E-state index contributed by atoms with van der Waals surface area (Å²) in [5, 5.41) is 0. The summed E-state index contributed by atoms with van der Waals surface area (Å²) in [6, 6.07) is 8.17. The van der Waals surface area contributed by atoms with Crippen LogP contribution < -0.4 is 4.74 Å². The van der Waals surface area contributed by atoms with Gasteiger partial charge in [0.05, 0.1) is 19.1 Å². The van der Waals surface area contributed by atoms with Crippen LogP contribution in [0.5, 0.6) is 5.75 Å². The number of likely N-dealkylation sites (tertiary alicyclic amines) is 1. The lowest BCUT2D eigenvalue weighted by Crippen LogP contribution is -2.39.